The van der Waals surface area contributed by atoms with Crippen LogP contribution in [0.1, 0.15) is 12.8 Å². The topological polar surface area (TPSA) is 79.7 Å². The Morgan fingerprint density at radius 3 is 2.57 bits per heavy atom. The lowest BCUT2D eigenvalue weighted by atomic mass is 10.1. The van der Waals surface area contributed by atoms with E-state index in [1.807, 2.05) is 36.5 Å². The first-order valence-corrected chi connectivity index (χ1v) is 7.34. The summed E-state index contributed by atoms with van der Waals surface area (Å²) in [5, 5.41) is 0. The average molecular weight is 292 g/mol. The summed E-state index contributed by atoms with van der Waals surface area (Å²) in [5.41, 5.74) is 12.2. The van der Waals surface area contributed by atoms with Gasteiger partial charge in [0, 0.05) is 11.7 Å². The van der Waals surface area contributed by atoms with Crippen molar-refractivity contribution in [2.24, 2.45) is 11.5 Å². The molecule has 0 bridgehead atoms. The van der Waals surface area contributed by atoms with Crippen LogP contribution in [0.2, 0.25) is 0 Å². The van der Waals surface area contributed by atoms with Crippen molar-refractivity contribution in [2.45, 2.75) is 25.0 Å². The highest BCUT2D eigenvalue weighted by Crippen LogP contribution is 2.11. The van der Waals surface area contributed by atoms with Crippen molar-refractivity contribution >= 4 is 0 Å². The van der Waals surface area contributed by atoms with Crippen LogP contribution in [-0.2, 0) is 14.2 Å². The molecule has 0 fully saturated rings. The molecule has 0 amide bonds. The van der Waals surface area contributed by atoms with E-state index >= 15 is 0 Å². The van der Waals surface area contributed by atoms with Gasteiger partial charge in [-0.1, -0.05) is 18.2 Å². The normalized spacial score (nSPS) is 24.6. The number of hydrogen-bond acceptors (Lipinski definition) is 5. The Balaban J connectivity index is 1.44. The number of allylic oxidation sites excluding steroid dienone is 2. The maximum atomic E-state index is 5.73. The Kier molecular flexibility index (Phi) is 6.53. The van der Waals surface area contributed by atoms with Crippen LogP contribution in [0, 0.1) is 0 Å². The first-order chi connectivity index (χ1) is 10.2. The largest absolute Gasteiger partial charge is 0.492 e. The van der Waals surface area contributed by atoms with E-state index in [0.717, 1.165) is 24.3 Å². The summed E-state index contributed by atoms with van der Waals surface area (Å²) in [6, 6.07) is 0.116. The predicted molar refractivity (Wildman–Crippen MR) is 82.4 cm³/mol. The van der Waals surface area contributed by atoms with Crippen LogP contribution in [0.5, 0.6) is 0 Å². The molecule has 2 aliphatic carbocycles. The molecule has 0 saturated carbocycles. The molecule has 5 heteroatoms. The predicted octanol–water partition coefficient (Wildman–Crippen LogP) is 1.38. The molecule has 21 heavy (non-hydrogen) atoms. The Hall–Kier alpha value is -1.56. The maximum absolute atomic E-state index is 5.73. The second-order valence-electron chi connectivity index (χ2n) is 5.03. The lowest BCUT2D eigenvalue weighted by Crippen LogP contribution is -2.18. The summed E-state index contributed by atoms with van der Waals surface area (Å²) in [6.45, 7) is 2.22. The molecule has 0 radical (unpaired) electrons. The highest BCUT2D eigenvalue weighted by Gasteiger charge is 2.07. The molecule has 4 N–H and O–H groups in total. The van der Waals surface area contributed by atoms with Crippen LogP contribution in [0.25, 0.3) is 0 Å². The third-order valence-corrected chi connectivity index (χ3v) is 3.24. The van der Waals surface area contributed by atoms with E-state index in [1.54, 1.807) is 0 Å². The number of nitrogens with two attached hydrogens (primary N) is 2. The number of hydrogen-bond donors (Lipinski definition) is 2. The molecule has 0 aromatic carbocycles. The van der Waals surface area contributed by atoms with Crippen molar-refractivity contribution < 1.29 is 14.2 Å². The van der Waals surface area contributed by atoms with E-state index in [2.05, 4.69) is 0 Å². The zero-order chi connectivity index (χ0) is 14.9. The van der Waals surface area contributed by atoms with Gasteiger partial charge in [0.1, 0.15) is 12.4 Å². The molecule has 5 nitrogen and oxygen atoms in total. The SMILES string of the molecule is NC1=CCC(OCCOCCOC2=CCC(N)C=C2)C=C1. The van der Waals surface area contributed by atoms with Gasteiger partial charge < -0.3 is 25.7 Å². The van der Waals surface area contributed by atoms with Gasteiger partial charge in [0.05, 0.1) is 25.9 Å². The van der Waals surface area contributed by atoms with E-state index in [1.165, 1.54) is 0 Å². The van der Waals surface area contributed by atoms with Crippen molar-refractivity contribution in [3.05, 3.63) is 47.9 Å². The molecule has 2 unspecified atom stereocenters. The van der Waals surface area contributed by atoms with Crippen molar-refractivity contribution in [2.75, 3.05) is 26.4 Å². The molecule has 2 atom stereocenters. The van der Waals surface area contributed by atoms with Gasteiger partial charge in [0.15, 0.2) is 0 Å². The third-order valence-electron chi connectivity index (χ3n) is 3.24. The smallest absolute Gasteiger partial charge is 0.115 e. The zero-order valence-electron chi connectivity index (χ0n) is 12.2. The number of ether oxygens (including phenoxy) is 3. The van der Waals surface area contributed by atoms with Crippen molar-refractivity contribution in [1.29, 1.82) is 0 Å². The minimum Gasteiger partial charge on any atom is -0.492 e. The van der Waals surface area contributed by atoms with Crippen LogP contribution >= 0.6 is 0 Å². The van der Waals surface area contributed by atoms with E-state index < -0.39 is 0 Å². The minimum atomic E-state index is 0.110. The summed E-state index contributed by atoms with van der Waals surface area (Å²) in [6.07, 6.45) is 13.4. The number of rotatable bonds is 8. The molecule has 2 aliphatic rings. The fourth-order valence-electron chi connectivity index (χ4n) is 2.04. The van der Waals surface area contributed by atoms with Gasteiger partial charge >= 0.3 is 0 Å². The Labute approximate surface area is 125 Å². The molecule has 2 rings (SSSR count). The monoisotopic (exact) mass is 292 g/mol. The summed E-state index contributed by atoms with van der Waals surface area (Å²) in [4.78, 5) is 0. The van der Waals surface area contributed by atoms with Gasteiger partial charge in [-0.05, 0) is 31.1 Å². The van der Waals surface area contributed by atoms with Crippen LogP contribution in [0.3, 0.4) is 0 Å². The van der Waals surface area contributed by atoms with Gasteiger partial charge in [-0.3, -0.25) is 0 Å². The second kappa shape index (κ2) is 8.67. The second-order valence-corrected chi connectivity index (χ2v) is 5.03. The molecule has 0 aromatic rings. The maximum Gasteiger partial charge on any atom is 0.115 e. The first kappa shape index (κ1) is 15.8. The van der Waals surface area contributed by atoms with E-state index in [4.69, 9.17) is 25.7 Å². The summed E-state index contributed by atoms with van der Waals surface area (Å²) in [7, 11) is 0. The lowest BCUT2D eigenvalue weighted by molar-refractivity contribution is 0.0106. The highest BCUT2D eigenvalue weighted by atomic mass is 16.5. The standard InChI is InChI=1S/C16H24N2O3/c17-13-1-5-15(6-2-13)20-11-9-19-10-12-21-16-7-3-14(18)4-8-16/h1-3,5,7-8,14-15H,4,6,9-12,17-18H2. The third kappa shape index (κ3) is 6.16. The molecule has 0 aliphatic heterocycles. The Bertz CT molecular complexity index is 441. The molecule has 0 aromatic heterocycles. The first-order valence-electron chi connectivity index (χ1n) is 7.34. The zero-order valence-corrected chi connectivity index (χ0v) is 12.2. The molecule has 0 saturated heterocycles. The van der Waals surface area contributed by atoms with Crippen LogP contribution < -0.4 is 11.5 Å². The Morgan fingerprint density at radius 2 is 1.86 bits per heavy atom. The quantitative estimate of drug-likeness (QED) is 0.661. The summed E-state index contributed by atoms with van der Waals surface area (Å²) >= 11 is 0. The molecule has 116 valence electrons. The Morgan fingerprint density at radius 1 is 1.00 bits per heavy atom. The van der Waals surface area contributed by atoms with Gasteiger partial charge in [-0.25, -0.2) is 0 Å². The van der Waals surface area contributed by atoms with Gasteiger partial charge in [-0.15, -0.1) is 0 Å². The lowest BCUT2D eigenvalue weighted by Gasteiger charge is -2.16. The molecule has 0 spiro atoms. The van der Waals surface area contributed by atoms with Crippen molar-refractivity contribution in [1.82, 2.24) is 0 Å². The average Bonchev–Trinajstić information content (AvgIpc) is 2.50. The van der Waals surface area contributed by atoms with Gasteiger partial charge in [0.25, 0.3) is 0 Å². The molecular weight excluding hydrogens is 268 g/mol. The van der Waals surface area contributed by atoms with Gasteiger partial charge in [-0.2, -0.15) is 0 Å². The van der Waals surface area contributed by atoms with E-state index in [0.29, 0.717) is 26.4 Å². The minimum absolute atomic E-state index is 0.110. The fourth-order valence-corrected chi connectivity index (χ4v) is 2.04. The van der Waals surface area contributed by atoms with Gasteiger partial charge in [0.2, 0.25) is 0 Å². The molecular formula is C16H24N2O3. The van der Waals surface area contributed by atoms with E-state index in [-0.39, 0.29) is 12.1 Å². The summed E-state index contributed by atoms with van der Waals surface area (Å²) in [5.74, 6) is 0.869. The summed E-state index contributed by atoms with van der Waals surface area (Å²) < 4.78 is 16.7. The van der Waals surface area contributed by atoms with Crippen LogP contribution in [0.4, 0.5) is 0 Å². The highest BCUT2D eigenvalue weighted by molar-refractivity contribution is 5.21. The van der Waals surface area contributed by atoms with E-state index in [9.17, 15) is 0 Å². The van der Waals surface area contributed by atoms with Crippen LogP contribution in [-0.4, -0.2) is 38.6 Å². The van der Waals surface area contributed by atoms with Crippen LogP contribution in [0.15, 0.2) is 47.9 Å². The molecule has 0 heterocycles. The fraction of sp³-hybridized carbons (Fsp3) is 0.500. The van der Waals surface area contributed by atoms with Crippen molar-refractivity contribution in [3.63, 3.8) is 0 Å². The van der Waals surface area contributed by atoms with Crippen molar-refractivity contribution in [3.8, 4) is 0 Å².